The molecule has 124 valence electrons. The summed E-state index contributed by atoms with van der Waals surface area (Å²) in [7, 11) is 3.65. The molecule has 25 heavy (non-hydrogen) atoms. The zero-order chi connectivity index (χ0) is 17.4. The Labute approximate surface area is 148 Å². The number of pyridine rings is 1. The molecule has 0 radical (unpaired) electrons. The number of H-pyrrole nitrogens is 1. The predicted octanol–water partition coefficient (Wildman–Crippen LogP) is 3.75. The monoisotopic (exact) mass is 349 g/mol. The first kappa shape index (κ1) is 15.6. The van der Waals surface area contributed by atoms with Crippen molar-refractivity contribution in [2.75, 3.05) is 7.11 Å². The van der Waals surface area contributed by atoms with Crippen molar-refractivity contribution in [3.05, 3.63) is 69.5 Å². The van der Waals surface area contributed by atoms with Gasteiger partial charge in [0.2, 0.25) is 5.52 Å². The Morgan fingerprint density at radius 1 is 1.12 bits per heavy atom. The van der Waals surface area contributed by atoms with Crippen LogP contribution in [0.2, 0.25) is 0 Å². The van der Waals surface area contributed by atoms with Crippen molar-refractivity contribution in [3.8, 4) is 5.75 Å². The van der Waals surface area contributed by atoms with Crippen LogP contribution >= 0.6 is 11.3 Å². The number of aromatic nitrogens is 2. The molecular formula is C20H17N2O2S+. The molecule has 2 aromatic carbocycles. The van der Waals surface area contributed by atoms with Crippen LogP contribution in [0.25, 0.3) is 33.3 Å². The summed E-state index contributed by atoms with van der Waals surface area (Å²) in [5.74, 6) is 0.726. The van der Waals surface area contributed by atoms with Gasteiger partial charge in [-0.2, -0.15) is 4.57 Å². The molecule has 0 aliphatic heterocycles. The molecule has 0 amide bonds. The van der Waals surface area contributed by atoms with Crippen molar-refractivity contribution in [2.45, 2.75) is 0 Å². The Kier molecular flexibility index (Phi) is 3.86. The Morgan fingerprint density at radius 3 is 2.76 bits per heavy atom. The van der Waals surface area contributed by atoms with Crippen molar-refractivity contribution in [3.63, 3.8) is 0 Å². The normalized spacial score (nSPS) is 11.6. The van der Waals surface area contributed by atoms with Gasteiger partial charge in [0.15, 0.2) is 0 Å². The van der Waals surface area contributed by atoms with Crippen LogP contribution in [-0.4, -0.2) is 12.1 Å². The first-order valence-electron chi connectivity index (χ1n) is 7.92. The molecular weight excluding hydrogens is 332 g/mol. The highest BCUT2D eigenvalue weighted by Gasteiger charge is 2.13. The predicted molar refractivity (Wildman–Crippen MR) is 103 cm³/mol. The smallest absolute Gasteiger partial charge is 0.262 e. The van der Waals surface area contributed by atoms with Crippen molar-refractivity contribution in [2.24, 2.45) is 7.05 Å². The lowest BCUT2D eigenvalue weighted by molar-refractivity contribution is -0.642. The van der Waals surface area contributed by atoms with Gasteiger partial charge in [0.25, 0.3) is 10.6 Å². The number of nitrogens with zero attached hydrogens (tertiary/aromatic N) is 1. The van der Waals surface area contributed by atoms with Gasteiger partial charge in [0.1, 0.15) is 17.5 Å². The van der Waals surface area contributed by atoms with E-state index in [1.807, 2.05) is 55.6 Å². The fourth-order valence-electron chi connectivity index (χ4n) is 2.88. The highest BCUT2D eigenvalue weighted by atomic mass is 32.1. The maximum atomic E-state index is 12.4. The number of para-hydroxylation sites is 1. The zero-order valence-corrected chi connectivity index (χ0v) is 14.8. The van der Waals surface area contributed by atoms with Crippen molar-refractivity contribution >= 4 is 44.6 Å². The third kappa shape index (κ3) is 2.83. The number of ether oxygens (including phenoxy) is 1. The van der Waals surface area contributed by atoms with E-state index in [1.165, 1.54) is 10.2 Å². The lowest BCUT2D eigenvalue weighted by Gasteiger charge is -2.03. The summed E-state index contributed by atoms with van der Waals surface area (Å²) in [4.78, 5) is 15.3. The Balaban J connectivity index is 1.76. The average Bonchev–Trinajstić information content (AvgIpc) is 2.95. The number of hydrogen-bond donors (Lipinski definition) is 1. The van der Waals surface area contributed by atoms with Gasteiger partial charge < -0.3 is 9.72 Å². The molecule has 2 aromatic heterocycles. The standard InChI is InChI=1S/C20H16N2O2S/c1-22-17-5-3-4-6-18(17)25-19(22)10-8-14-11-13-7-9-15(24-2)12-16(13)21-20(14)23/h3-12H,1-2H3/p+1. The minimum absolute atomic E-state index is 0.110. The number of rotatable bonds is 3. The van der Waals surface area contributed by atoms with E-state index in [0.29, 0.717) is 5.56 Å². The van der Waals surface area contributed by atoms with E-state index in [-0.39, 0.29) is 5.56 Å². The van der Waals surface area contributed by atoms with Gasteiger partial charge >= 0.3 is 0 Å². The minimum Gasteiger partial charge on any atom is -0.497 e. The third-order valence-corrected chi connectivity index (χ3v) is 5.44. The maximum Gasteiger partial charge on any atom is 0.262 e. The van der Waals surface area contributed by atoms with Crippen LogP contribution in [-0.2, 0) is 7.05 Å². The van der Waals surface area contributed by atoms with Crippen molar-refractivity contribution in [1.29, 1.82) is 0 Å². The lowest BCUT2D eigenvalue weighted by Crippen LogP contribution is -2.28. The quantitative estimate of drug-likeness (QED) is 0.573. The molecule has 0 fully saturated rings. The highest BCUT2D eigenvalue weighted by molar-refractivity contribution is 7.18. The highest BCUT2D eigenvalue weighted by Crippen LogP contribution is 2.22. The van der Waals surface area contributed by atoms with Gasteiger partial charge in [-0.25, -0.2) is 0 Å². The average molecular weight is 349 g/mol. The number of methoxy groups -OCH3 is 1. The molecule has 0 bridgehead atoms. The molecule has 2 heterocycles. The zero-order valence-electron chi connectivity index (χ0n) is 13.9. The third-order valence-electron chi connectivity index (χ3n) is 4.26. The van der Waals surface area contributed by atoms with E-state index in [1.54, 1.807) is 18.4 Å². The van der Waals surface area contributed by atoms with Gasteiger partial charge in [0, 0.05) is 23.8 Å². The molecule has 4 rings (SSSR count). The molecule has 0 atom stereocenters. The fraction of sp³-hybridized carbons (Fsp3) is 0.100. The van der Waals surface area contributed by atoms with Crippen molar-refractivity contribution in [1.82, 2.24) is 4.98 Å². The molecule has 4 aromatic rings. The van der Waals surface area contributed by atoms with E-state index in [0.717, 1.165) is 21.7 Å². The molecule has 0 aliphatic rings. The van der Waals surface area contributed by atoms with Gasteiger partial charge in [-0.3, -0.25) is 4.79 Å². The number of aryl methyl sites for hydroxylation is 1. The second kappa shape index (κ2) is 6.18. The van der Waals surface area contributed by atoms with Crippen LogP contribution in [0, 0.1) is 0 Å². The Hall–Kier alpha value is -2.92. The molecule has 0 saturated carbocycles. The number of aromatic amines is 1. The summed E-state index contributed by atoms with van der Waals surface area (Å²) in [6.45, 7) is 0. The summed E-state index contributed by atoms with van der Waals surface area (Å²) < 4.78 is 8.56. The molecule has 4 nitrogen and oxygen atoms in total. The number of hydrogen-bond acceptors (Lipinski definition) is 3. The van der Waals surface area contributed by atoms with Gasteiger partial charge in [-0.15, -0.1) is 0 Å². The summed E-state index contributed by atoms with van der Waals surface area (Å²) in [6.07, 6.45) is 3.86. The van der Waals surface area contributed by atoms with Gasteiger partial charge in [0.05, 0.1) is 12.6 Å². The number of fused-ring (bicyclic) bond motifs is 2. The van der Waals surface area contributed by atoms with E-state index in [4.69, 9.17) is 4.74 Å². The summed E-state index contributed by atoms with van der Waals surface area (Å²) in [5.41, 5.74) is 2.48. The molecule has 5 heteroatoms. The minimum atomic E-state index is -0.110. The number of nitrogens with one attached hydrogen (secondary N) is 1. The number of thiazole rings is 1. The van der Waals surface area contributed by atoms with Crippen LogP contribution in [0.3, 0.4) is 0 Å². The lowest BCUT2D eigenvalue weighted by atomic mass is 10.1. The topological polar surface area (TPSA) is 46.0 Å². The van der Waals surface area contributed by atoms with Crippen LogP contribution in [0.15, 0.2) is 53.3 Å². The second-order valence-corrected chi connectivity index (χ2v) is 6.87. The van der Waals surface area contributed by atoms with Crippen LogP contribution in [0.1, 0.15) is 10.6 Å². The number of benzene rings is 2. The van der Waals surface area contributed by atoms with Crippen LogP contribution < -0.4 is 14.9 Å². The first-order valence-corrected chi connectivity index (χ1v) is 8.74. The maximum absolute atomic E-state index is 12.4. The van der Waals surface area contributed by atoms with E-state index >= 15 is 0 Å². The van der Waals surface area contributed by atoms with E-state index in [2.05, 4.69) is 21.7 Å². The largest absolute Gasteiger partial charge is 0.497 e. The second-order valence-electron chi connectivity index (χ2n) is 5.81. The molecule has 0 aliphatic carbocycles. The molecule has 0 spiro atoms. The van der Waals surface area contributed by atoms with E-state index in [9.17, 15) is 4.79 Å². The summed E-state index contributed by atoms with van der Waals surface area (Å²) in [6, 6.07) is 15.8. The molecule has 1 N–H and O–H groups in total. The van der Waals surface area contributed by atoms with Crippen LogP contribution in [0.4, 0.5) is 0 Å². The molecule has 0 unspecified atom stereocenters. The van der Waals surface area contributed by atoms with Gasteiger partial charge in [-0.05, 0) is 35.7 Å². The summed E-state index contributed by atoms with van der Waals surface area (Å²) in [5, 5.41) is 2.07. The van der Waals surface area contributed by atoms with E-state index < -0.39 is 0 Å². The fourth-order valence-corrected chi connectivity index (χ4v) is 3.93. The Morgan fingerprint density at radius 2 is 1.96 bits per heavy atom. The Bertz CT molecular complexity index is 1170. The van der Waals surface area contributed by atoms with Crippen LogP contribution in [0.5, 0.6) is 5.75 Å². The summed E-state index contributed by atoms with van der Waals surface area (Å²) >= 11 is 1.70. The molecule has 0 saturated heterocycles. The first-order chi connectivity index (χ1) is 12.2. The SMILES string of the molecule is COc1ccc2cc(C=Cc3sc4ccccc4[n+]3C)c(=O)[nH]c2c1. The van der Waals surface area contributed by atoms with Crippen molar-refractivity contribution < 1.29 is 9.30 Å². The van der Waals surface area contributed by atoms with Gasteiger partial charge in [-0.1, -0.05) is 23.5 Å².